The van der Waals surface area contributed by atoms with Crippen molar-refractivity contribution in [3.05, 3.63) is 23.5 Å². The summed E-state index contributed by atoms with van der Waals surface area (Å²) in [4.78, 5) is 12.4. The van der Waals surface area contributed by atoms with E-state index >= 15 is 0 Å². The van der Waals surface area contributed by atoms with Crippen LogP contribution in [0.15, 0.2) is 23.5 Å². The summed E-state index contributed by atoms with van der Waals surface area (Å²) in [5, 5.41) is 9.01. The van der Waals surface area contributed by atoms with E-state index in [1.54, 1.807) is 0 Å². The molecular weight excluding hydrogens is 288 g/mol. The molecule has 4 rings (SSSR count). The van der Waals surface area contributed by atoms with E-state index < -0.39 is 0 Å². The number of ketones is 1. The van der Waals surface area contributed by atoms with Crippen molar-refractivity contribution in [2.75, 3.05) is 6.79 Å². The van der Waals surface area contributed by atoms with Gasteiger partial charge in [0, 0.05) is 18.3 Å². The standard InChI is InChI=1S/C20H28O3/c1-19-9-7-14(23-12-21)11-13(19)3-4-15-16-5-6-18(22)20(16,2)10-8-17(15)19/h3,11,15-17,21H,4-10,12H2,1-2H3/t15-,16-,17-,19-,20-/m0/s1. The number of hydrogen-bond acceptors (Lipinski definition) is 3. The number of aliphatic hydroxyl groups is 1. The van der Waals surface area contributed by atoms with Crippen LogP contribution in [0.25, 0.3) is 0 Å². The van der Waals surface area contributed by atoms with Crippen LogP contribution in [-0.2, 0) is 9.53 Å². The highest BCUT2D eigenvalue weighted by Gasteiger charge is 2.58. The fraction of sp³-hybridized carbons (Fsp3) is 0.750. The number of ether oxygens (including phenoxy) is 1. The van der Waals surface area contributed by atoms with Crippen molar-refractivity contribution >= 4 is 5.78 Å². The molecule has 5 atom stereocenters. The lowest BCUT2D eigenvalue weighted by molar-refractivity contribution is -0.131. The minimum atomic E-state index is -0.232. The summed E-state index contributed by atoms with van der Waals surface area (Å²) in [6.45, 7) is 4.42. The Kier molecular flexibility index (Phi) is 3.49. The number of carbonyl (C=O) groups excluding carboxylic acids is 1. The average molecular weight is 316 g/mol. The fourth-order valence-corrected chi connectivity index (χ4v) is 6.27. The number of hydrogen-bond donors (Lipinski definition) is 1. The second kappa shape index (κ2) is 5.20. The quantitative estimate of drug-likeness (QED) is 0.784. The minimum Gasteiger partial charge on any atom is -0.472 e. The van der Waals surface area contributed by atoms with Crippen LogP contribution in [0.5, 0.6) is 0 Å². The first-order valence-corrected chi connectivity index (χ1v) is 9.17. The number of allylic oxidation sites excluding steroid dienone is 4. The summed E-state index contributed by atoms with van der Waals surface area (Å²) >= 11 is 0. The van der Waals surface area contributed by atoms with Crippen molar-refractivity contribution in [1.82, 2.24) is 0 Å². The molecule has 0 aromatic carbocycles. The molecule has 0 aromatic rings. The summed E-state index contributed by atoms with van der Waals surface area (Å²) in [6.07, 6.45) is 11.8. The lowest BCUT2D eigenvalue weighted by Crippen LogP contribution is -2.49. The van der Waals surface area contributed by atoms with Crippen molar-refractivity contribution in [2.24, 2.45) is 28.6 Å². The molecular formula is C20H28O3. The molecule has 1 N–H and O–H groups in total. The monoisotopic (exact) mass is 316 g/mol. The Labute approximate surface area is 138 Å². The molecule has 3 heteroatoms. The third kappa shape index (κ3) is 2.08. The van der Waals surface area contributed by atoms with Crippen LogP contribution in [0.2, 0.25) is 0 Å². The van der Waals surface area contributed by atoms with Gasteiger partial charge in [0.2, 0.25) is 0 Å². The molecule has 23 heavy (non-hydrogen) atoms. The lowest BCUT2D eigenvalue weighted by atomic mass is 9.49. The molecule has 0 aromatic heterocycles. The van der Waals surface area contributed by atoms with E-state index in [0.29, 0.717) is 23.5 Å². The summed E-state index contributed by atoms with van der Waals surface area (Å²) in [5.74, 6) is 3.39. The number of Topliss-reactive ketones (excluding diaryl/α,β-unsaturated/α-hetero) is 1. The highest BCUT2D eigenvalue weighted by atomic mass is 16.6. The van der Waals surface area contributed by atoms with Gasteiger partial charge in [0.1, 0.15) is 5.78 Å². The first-order chi connectivity index (χ1) is 11.0. The smallest absolute Gasteiger partial charge is 0.185 e. The maximum Gasteiger partial charge on any atom is 0.185 e. The number of fused-ring (bicyclic) bond motifs is 5. The van der Waals surface area contributed by atoms with E-state index in [0.717, 1.165) is 44.3 Å². The van der Waals surface area contributed by atoms with Gasteiger partial charge in [0.25, 0.3) is 0 Å². The second-order valence-corrected chi connectivity index (χ2v) is 8.49. The lowest BCUT2D eigenvalue weighted by Gasteiger charge is -2.55. The fourth-order valence-electron chi connectivity index (χ4n) is 6.27. The van der Waals surface area contributed by atoms with Gasteiger partial charge in [-0.25, -0.2) is 0 Å². The molecule has 126 valence electrons. The van der Waals surface area contributed by atoms with Gasteiger partial charge in [-0.1, -0.05) is 19.9 Å². The van der Waals surface area contributed by atoms with Crippen LogP contribution in [0.3, 0.4) is 0 Å². The van der Waals surface area contributed by atoms with Gasteiger partial charge in [0.15, 0.2) is 6.79 Å². The maximum absolute atomic E-state index is 12.4. The molecule has 2 saturated carbocycles. The third-order valence-corrected chi connectivity index (χ3v) is 7.69. The Morgan fingerprint density at radius 2 is 1.96 bits per heavy atom. The summed E-state index contributed by atoms with van der Waals surface area (Å²) in [6, 6.07) is 0. The average Bonchev–Trinajstić information content (AvgIpc) is 2.84. The van der Waals surface area contributed by atoms with Gasteiger partial charge in [-0.2, -0.15) is 0 Å². The Morgan fingerprint density at radius 3 is 2.74 bits per heavy atom. The number of carbonyl (C=O) groups is 1. The molecule has 0 spiro atoms. The van der Waals surface area contributed by atoms with Crippen molar-refractivity contribution < 1.29 is 14.6 Å². The zero-order chi connectivity index (χ0) is 16.2. The van der Waals surface area contributed by atoms with E-state index in [9.17, 15) is 4.79 Å². The number of aliphatic hydroxyl groups excluding tert-OH is 1. The zero-order valence-corrected chi connectivity index (χ0v) is 14.3. The van der Waals surface area contributed by atoms with Gasteiger partial charge >= 0.3 is 0 Å². The molecule has 0 aliphatic heterocycles. The summed E-state index contributed by atoms with van der Waals surface area (Å²) in [7, 11) is 0. The van der Waals surface area contributed by atoms with Crippen LogP contribution in [0.4, 0.5) is 0 Å². The summed E-state index contributed by atoms with van der Waals surface area (Å²) < 4.78 is 5.34. The molecule has 0 radical (unpaired) electrons. The molecule has 0 heterocycles. The number of rotatable bonds is 2. The predicted molar refractivity (Wildman–Crippen MR) is 88.3 cm³/mol. The van der Waals surface area contributed by atoms with Crippen molar-refractivity contribution in [3.63, 3.8) is 0 Å². The topological polar surface area (TPSA) is 46.5 Å². The van der Waals surface area contributed by atoms with Crippen LogP contribution >= 0.6 is 0 Å². The van der Waals surface area contributed by atoms with Crippen molar-refractivity contribution in [1.29, 1.82) is 0 Å². The second-order valence-electron chi connectivity index (χ2n) is 8.49. The predicted octanol–water partition coefficient (Wildman–Crippen LogP) is 3.98. The first-order valence-electron chi connectivity index (χ1n) is 9.17. The zero-order valence-electron chi connectivity index (χ0n) is 14.3. The molecule has 4 aliphatic rings. The van der Waals surface area contributed by atoms with Gasteiger partial charge in [-0.3, -0.25) is 4.79 Å². The van der Waals surface area contributed by atoms with Crippen LogP contribution < -0.4 is 0 Å². The van der Waals surface area contributed by atoms with Crippen LogP contribution in [0, 0.1) is 28.6 Å². The van der Waals surface area contributed by atoms with E-state index in [-0.39, 0.29) is 17.6 Å². The Bertz CT molecular complexity index is 590. The molecule has 0 unspecified atom stereocenters. The highest BCUT2D eigenvalue weighted by Crippen LogP contribution is 2.63. The van der Waals surface area contributed by atoms with E-state index in [4.69, 9.17) is 9.84 Å². The highest BCUT2D eigenvalue weighted by molar-refractivity contribution is 5.87. The van der Waals surface area contributed by atoms with Crippen LogP contribution in [-0.4, -0.2) is 17.7 Å². The Hall–Kier alpha value is -1.09. The molecule has 2 fully saturated rings. The van der Waals surface area contributed by atoms with Gasteiger partial charge in [-0.05, 0) is 66.9 Å². The van der Waals surface area contributed by atoms with Crippen molar-refractivity contribution in [2.45, 2.75) is 58.8 Å². The third-order valence-electron chi connectivity index (χ3n) is 7.69. The first kappa shape index (κ1) is 15.4. The largest absolute Gasteiger partial charge is 0.472 e. The Morgan fingerprint density at radius 1 is 1.17 bits per heavy atom. The van der Waals surface area contributed by atoms with E-state index in [2.05, 4.69) is 26.0 Å². The molecule has 0 bridgehead atoms. The van der Waals surface area contributed by atoms with Crippen LogP contribution in [0.1, 0.15) is 58.8 Å². The maximum atomic E-state index is 12.4. The molecule has 4 aliphatic carbocycles. The minimum absolute atomic E-state index is 0.0431. The van der Waals surface area contributed by atoms with Gasteiger partial charge in [-0.15, -0.1) is 0 Å². The van der Waals surface area contributed by atoms with E-state index in [1.165, 1.54) is 12.0 Å². The molecule has 0 amide bonds. The summed E-state index contributed by atoms with van der Waals surface area (Å²) in [5.41, 5.74) is 1.58. The SMILES string of the molecule is C[C@]12CCC(OCO)=CC1=CC[C@@H]1[C@@H]2CC[C@]2(C)C(=O)CC[C@@H]12. The van der Waals surface area contributed by atoms with E-state index in [1.807, 2.05) is 0 Å². The van der Waals surface area contributed by atoms with Crippen molar-refractivity contribution in [3.8, 4) is 0 Å². The normalized spacial score (nSPS) is 45.5. The molecule has 3 nitrogen and oxygen atoms in total. The van der Waals surface area contributed by atoms with Gasteiger partial charge < -0.3 is 9.84 Å². The molecule has 0 saturated heterocycles. The Balaban J connectivity index is 1.67. The van der Waals surface area contributed by atoms with Gasteiger partial charge in [0.05, 0.1) is 5.76 Å².